The summed E-state index contributed by atoms with van der Waals surface area (Å²) in [6.45, 7) is 0.339. The second kappa shape index (κ2) is 5.67. The van der Waals surface area contributed by atoms with Crippen LogP contribution in [0.3, 0.4) is 0 Å². The van der Waals surface area contributed by atoms with Gasteiger partial charge in [-0.25, -0.2) is 0 Å². The van der Waals surface area contributed by atoms with Crippen LogP contribution in [0.4, 0.5) is 0 Å². The Morgan fingerprint density at radius 1 is 1.33 bits per heavy atom. The molecule has 0 amide bonds. The van der Waals surface area contributed by atoms with E-state index in [1.165, 1.54) is 0 Å². The molecule has 0 aliphatic carbocycles. The predicted molar refractivity (Wildman–Crippen MR) is 68.4 cm³/mol. The molecule has 0 bridgehead atoms. The number of benzene rings is 1. The number of nitrogens with two attached hydrogens (primary N) is 1. The van der Waals surface area contributed by atoms with E-state index in [9.17, 15) is 5.11 Å². The lowest BCUT2D eigenvalue weighted by molar-refractivity contribution is 0.127. The van der Waals surface area contributed by atoms with Gasteiger partial charge in [0.25, 0.3) is 5.89 Å². The quantitative estimate of drug-likeness (QED) is 0.902. The zero-order valence-corrected chi connectivity index (χ0v) is 10.8. The van der Waals surface area contributed by atoms with Gasteiger partial charge in [-0.1, -0.05) is 28.4 Å². The summed E-state index contributed by atoms with van der Waals surface area (Å²) in [7, 11) is 0. The summed E-state index contributed by atoms with van der Waals surface area (Å²) in [6.07, 6.45) is -0.484. The Hall–Kier alpha value is -1.14. The fourth-order valence-corrected chi connectivity index (χ4v) is 1.70. The summed E-state index contributed by atoms with van der Waals surface area (Å²) in [4.78, 5) is 4.08. The van der Waals surface area contributed by atoms with E-state index in [-0.39, 0.29) is 5.89 Å². The first-order chi connectivity index (χ1) is 8.61. The fourth-order valence-electron chi connectivity index (χ4n) is 1.40. The Morgan fingerprint density at radius 2 is 2.11 bits per heavy atom. The molecule has 18 heavy (non-hydrogen) atoms. The monoisotopic (exact) mass is 287 g/mol. The van der Waals surface area contributed by atoms with E-state index in [0.29, 0.717) is 34.4 Å². The van der Waals surface area contributed by atoms with Crippen molar-refractivity contribution < 1.29 is 9.63 Å². The molecular formula is C11H11Cl2N3O2. The lowest BCUT2D eigenvalue weighted by Crippen LogP contribution is -2.06. The minimum absolute atomic E-state index is 0.140. The molecule has 0 saturated carbocycles. The predicted octanol–water partition coefficient (Wildman–Crippen LogP) is 2.43. The first-order valence-corrected chi connectivity index (χ1v) is 6.04. The SMILES string of the molecule is NCC[C@H](O)c1nc(-c2ccc(Cl)c(Cl)c2)no1. The Labute approximate surface area is 114 Å². The third-order valence-corrected chi connectivity index (χ3v) is 3.08. The summed E-state index contributed by atoms with van der Waals surface area (Å²) in [5.41, 5.74) is 6.01. The van der Waals surface area contributed by atoms with Crippen molar-refractivity contribution in [3.05, 3.63) is 34.1 Å². The summed E-state index contributed by atoms with van der Waals surface area (Å²) in [6, 6.07) is 5.00. The molecule has 0 spiro atoms. The van der Waals surface area contributed by atoms with Gasteiger partial charge in [0, 0.05) is 5.56 Å². The highest BCUT2D eigenvalue weighted by molar-refractivity contribution is 6.42. The van der Waals surface area contributed by atoms with Gasteiger partial charge in [-0.15, -0.1) is 0 Å². The van der Waals surface area contributed by atoms with Crippen LogP contribution in [-0.2, 0) is 0 Å². The third kappa shape index (κ3) is 2.81. The lowest BCUT2D eigenvalue weighted by atomic mass is 10.2. The molecule has 1 aromatic heterocycles. The summed E-state index contributed by atoms with van der Waals surface area (Å²) >= 11 is 11.7. The van der Waals surface area contributed by atoms with Crippen molar-refractivity contribution in [2.75, 3.05) is 6.54 Å². The summed E-state index contributed by atoms with van der Waals surface area (Å²) in [5.74, 6) is 0.487. The van der Waals surface area contributed by atoms with Crippen molar-refractivity contribution in [1.29, 1.82) is 0 Å². The van der Waals surface area contributed by atoms with E-state index in [1.807, 2.05) is 0 Å². The van der Waals surface area contributed by atoms with Crippen molar-refractivity contribution in [2.24, 2.45) is 5.73 Å². The van der Waals surface area contributed by atoms with Crippen LogP contribution < -0.4 is 5.73 Å². The van der Waals surface area contributed by atoms with Crippen molar-refractivity contribution in [2.45, 2.75) is 12.5 Å². The van der Waals surface area contributed by atoms with E-state index in [2.05, 4.69) is 10.1 Å². The molecule has 7 heteroatoms. The third-order valence-electron chi connectivity index (χ3n) is 2.34. The molecule has 1 heterocycles. The van der Waals surface area contributed by atoms with E-state index in [1.54, 1.807) is 18.2 Å². The average molecular weight is 288 g/mol. The number of rotatable bonds is 4. The molecule has 1 atom stereocenters. The Morgan fingerprint density at radius 3 is 2.78 bits per heavy atom. The van der Waals surface area contributed by atoms with Gasteiger partial charge < -0.3 is 15.4 Å². The van der Waals surface area contributed by atoms with Crippen molar-refractivity contribution in [1.82, 2.24) is 10.1 Å². The zero-order chi connectivity index (χ0) is 13.1. The highest BCUT2D eigenvalue weighted by Gasteiger charge is 2.16. The molecule has 2 rings (SSSR count). The maximum absolute atomic E-state index is 9.66. The lowest BCUT2D eigenvalue weighted by Gasteiger charge is -2.01. The molecule has 5 nitrogen and oxygen atoms in total. The van der Waals surface area contributed by atoms with Gasteiger partial charge in [0.1, 0.15) is 6.10 Å². The van der Waals surface area contributed by atoms with Gasteiger partial charge in [-0.3, -0.25) is 0 Å². The Kier molecular flexibility index (Phi) is 4.19. The molecule has 3 N–H and O–H groups in total. The first kappa shape index (κ1) is 13.3. The van der Waals surface area contributed by atoms with Crippen LogP contribution in [0, 0.1) is 0 Å². The van der Waals surface area contributed by atoms with E-state index >= 15 is 0 Å². The minimum Gasteiger partial charge on any atom is -0.383 e. The standard InChI is InChI=1S/C11H11Cl2N3O2/c12-7-2-1-6(5-8(7)13)10-15-11(18-16-10)9(17)3-4-14/h1-2,5,9,17H,3-4,14H2/t9-/m0/s1. The second-order valence-corrected chi connectivity index (χ2v) is 4.49. The first-order valence-electron chi connectivity index (χ1n) is 5.29. The number of halogens is 2. The molecule has 2 aromatic rings. The second-order valence-electron chi connectivity index (χ2n) is 3.68. The number of hydrogen-bond acceptors (Lipinski definition) is 5. The van der Waals surface area contributed by atoms with Gasteiger partial charge in [-0.05, 0) is 31.2 Å². The molecule has 96 valence electrons. The molecule has 0 unspecified atom stereocenters. The van der Waals surface area contributed by atoms with Gasteiger partial charge >= 0.3 is 0 Å². The zero-order valence-electron chi connectivity index (χ0n) is 9.31. The van der Waals surface area contributed by atoms with Crippen LogP contribution in [-0.4, -0.2) is 21.8 Å². The van der Waals surface area contributed by atoms with Crippen LogP contribution in [0.25, 0.3) is 11.4 Å². The van der Waals surface area contributed by atoms with Crippen LogP contribution in [0.15, 0.2) is 22.7 Å². The molecule has 0 radical (unpaired) electrons. The average Bonchev–Trinajstić information content (AvgIpc) is 2.82. The van der Waals surface area contributed by atoms with E-state index in [4.69, 9.17) is 33.5 Å². The molecule has 0 aliphatic rings. The number of aliphatic hydroxyl groups excluding tert-OH is 1. The number of nitrogens with zero attached hydrogens (tertiary/aromatic N) is 2. The largest absolute Gasteiger partial charge is 0.383 e. The highest BCUT2D eigenvalue weighted by atomic mass is 35.5. The van der Waals surface area contributed by atoms with Gasteiger partial charge in [0.2, 0.25) is 5.82 Å². The molecular weight excluding hydrogens is 277 g/mol. The highest BCUT2D eigenvalue weighted by Crippen LogP contribution is 2.27. The summed E-state index contributed by atoms with van der Waals surface area (Å²) in [5, 5.41) is 14.3. The minimum atomic E-state index is -0.848. The molecule has 0 aliphatic heterocycles. The van der Waals surface area contributed by atoms with Gasteiger partial charge in [-0.2, -0.15) is 4.98 Å². The number of hydrogen-bond donors (Lipinski definition) is 2. The smallest absolute Gasteiger partial charge is 0.255 e. The van der Waals surface area contributed by atoms with Crippen molar-refractivity contribution in [3.63, 3.8) is 0 Å². The molecule has 0 fully saturated rings. The summed E-state index contributed by atoms with van der Waals surface area (Å²) < 4.78 is 4.96. The van der Waals surface area contributed by atoms with Crippen molar-refractivity contribution >= 4 is 23.2 Å². The normalized spacial score (nSPS) is 12.7. The Balaban J connectivity index is 2.26. The van der Waals surface area contributed by atoms with E-state index in [0.717, 1.165) is 0 Å². The van der Waals surface area contributed by atoms with Crippen molar-refractivity contribution in [3.8, 4) is 11.4 Å². The number of aromatic nitrogens is 2. The molecule has 0 saturated heterocycles. The number of aliphatic hydroxyl groups is 1. The van der Waals surface area contributed by atoms with Gasteiger partial charge in [0.15, 0.2) is 0 Å². The van der Waals surface area contributed by atoms with Gasteiger partial charge in [0.05, 0.1) is 10.0 Å². The maximum atomic E-state index is 9.66. The fraction of sp³-hybridized carbons (Fsp3) is 0.273. The topological polar surface area (TPSA) is 85.2 Å². The van der Waals surface area contributed by atoms with Crippen LogP contribution in [0.2, 0.25) is 10.0 Å². The van der Waals surface area contributed by atoms with Crippen LogP contribution in [0.5, 0.6) is 0 Å². The van der Waals surface area contributed by atoms with E-state index < -0.39 is 6.10 Å². The Bertz CT molecular complexity index is 545. The van der Waals surface area contributed by atoms with Crippen LogP contribution >= 0.6 is 23.2 Å². The van der Waals surface area contributed by atoms with Crippen LogP contribution in [0.1, 0.15) is 18.4 Å². The maximum Gasteiger partial charge on any atom is 0.255 e. The molecule has 1 aromatic carbocycles.